The van der Waals surface area contributed by atoms with Gasteiger partial charge in [0.25, 0.3) is 15.1 Å². The van der Waals surface area contributed by atoms with Crippen LogP contribution in [-0.2, 0) is 31.5 Å². The molecule has 10 nitrogen and oxygen atoms in total. The van der Waals surface area contributed by atoms with Crippen LogP contribution in [0.2, 0.25) is 0 Å². The lowest BCUT2D eigenvalue weighted by Gasteiger charge is -2.16. The number of carbonyl (C=O) groups is 1. The Hall–Kier alpha value is -2.69. The highest BCUT2D eigenvalue weighted by Gasteiger charge is 2.27. The predicted molar refractivity (Wildman–Crippen MR) is 171 cm³/mol. The van der Waals surface area contributed by atoms with Crippen molar-refractivity contribution in [1.82, 2.24) is 4.72 Å². The molecule has 0 atom stereocenters. The summed E-state index contributed by atoms with van der Waals surface area (Å²) in [6, 6.07) is 11.6. The molecule has 0 aliphatic carbocycles. The van der Waals surface area contributed by atoms with Crippen molar-refractivity contribution in [2.45, 2.75) is 31.2 Å². The van der Waals surface area contributed by atoms with E-state index in [4.69, 9.17) is 9.29 Å². The van der Waals surface area contributed by atoms with E-state index in [1.165, 1.54) is 6.08 Å². The molecule has 2 N–H and O–H groups in total. The average molecular weight is 716 g/mol. The molecule has 0 saturated heterocycles. The summed E-state index contributed by atoms with van der Waals surface area (Å²) >= 11 is 6.61. The lowest BCUT2D eigenvalue weighted by molar-refractivity contribution is -0.667. The Labute approximate surface area is 261 Å². The van der Waals surface area contributed by atoms with Crippen molar-refractivity contribution in [1.29, 1.82) is 0 Å². The number of anilines is 1. The maximum atomic E-state index is 12.3. The van der Waals surface area contributed by atoms with Crippen molar-refractivity contribution in [2.24, 2.45) is 0 Å². The highest BCUT2D eigenvalue weighted by Crippen LogP contribution is 2.41. The average Bonchev–Trinajstić information content (AvgIpc) is 3.41. The smallest absolute Gasteiger partial charge is 0.287 e. The predicted octanol–water partition coefficient (Wildman–Crippen LogP) is 5.07. The maximum absolute atomic E-state index is 12.3. The van der Waals surface area contributed by atoms with Gasteiger partial charge in [0.1, 0.15) is 4.70 Å². The summed E-state index contributed by atoms with van der Waals surface area (Å²) in [5.41, 5.74) is 2.55. The number of allylic oxidation sites excluding steroid dienone is 2. The van der Waals surface area contributed by atoms with Crippen molar-refractivity contribution in [3.05, 3.63) is 74.9 Å². The zero-order chi connectivity index (χ0) is 30.7. The van der Waals surface area contributed by atoms with Gasteiger partial charge >= 0.3 is 0 Å². The number of halogens is 1. The first kappa shape index (κ1) is 32.2. The Morgan fingerprint density at radius 3 is 2.64 bits per heavy atom. The Bertz CT molecular complexity index is 1830. The van der Waals surface area contributed by atoms with Gasteiger partial charge in [0.15, 0.2) is 12.3 Å². The second kappa shape index (κ2) is 13.3. The molecule has 224 valence electrons. The zero-order valence-electron chi connectivity index (χ0n) is 22.9. The lowest BCUT2D eigenvalue weighted by Crippen LogP contribution is -2.39. The van der Waals surface area contributed by atoms with Gasteiger partial charge in [0.05, 0.1) is 23.8 Å². The standard InChI is InChI=1S/C27H28BrN3O7S4/c1-4-18(14-26-30(11-5-13-42(35,36)37)21-16-19(28)6-8-23(21)38-26)15-27-31(12-10-25(32)29-41(3,33)34)22-17-20(39-2)7-9-24(22)40-27/h5-9,13-17H,4,10-12H2,1-3H3,(H-,29,32,35,36,37)/p+1. The number of ether oxygens (including phenoxy) is 1. The van der Waals surface area contributed by atoms with Gasteiger partial charge < -0.3 is 9.64 Å². The van der Waals surface area contributed by atoms with Crippen LogP contribution in [0.3, 0.4) is 0 Å². The van der Waals surface area contributed by atoms with Crippen LogP contribution in [0.15, 0.2) is 74.8 Å². The van der Waals surface area contributed by atoms with Gasteiger partial charge in [-0.3, -0.25) is 14.1 Å². The van der Waals surface area contributed by atoms with Crippen molar-refractivity contribution in [3.63, 3.8) is 0 Å². The molecular formula is C27H29BrN3O7S4+. The van der Waals surface area contributed by atoms with Crippen LogP contribution in [0.1, 0.15) is 24.8 Å². The van der Waals surface area contributed by atoms with E-state index in [2.05, 4.69) is 15.9 Å². The van der Waals surface area contributed by atoms with E-state index in [1.54, 1.807) is 34.1 Å². The highest BCUT2D eigenvalue weighted by atomic mass is 79.9. The fourth-order valence-electron chi connectivity index (χ4n) is 4.22. The molecule has 1 amide bonds. The van der Waals surface area contributed by atoms with Crippen molar-refractivity contribution < 1.29 is 35.5 Å². The minimum Gasteiger partial charge on any atom is -0.439 e. The summed E-state index contributed by atoms with van der Waals surface area (Å²) in [5.74, 6) is 0.481. The number of hydrogen-bond donors (Lipinski definition) is 2. The molecule has 0 unspecified atom stereocenters. The number of aryl methyl sites for hydroxylation is 1. The molecule has 2 aromatic carbocycles. The van der Waals surface area contributed by atoms with E-state index >= 15 is 0 Å². The molecule has 3 aromatic rings. The van der Waals surface area contributed by atoms with E-state index in [1.807, 2.05) is 65.0 Å². The number of hydrogen-bond acceptors (Lipinski definition) is 9. The van der Waals surface area contributed by atoms with Gasteiger partial charge in [-0.2, -0.15) is 13.0 Å². The molecule has 0 bridgehead atoms. The molecule has 1 aromatic heterocycles. The number of thiazole rings is 1. The Morgan fingerprint density at radius 1 is 1.21 bits per heavy atom. The topological polar surface area (TPSA) is 134 Å². The van der Waals surface area contributed by atoms with E-state index in [9.17, 15) is 21.6 Å². The summed E-state index contributed by atoms with van der Waals surface area (Å²) in [4.78, 5) is 15.2. The minimum atomic E-state index is -4.28. The third-order valence-corrected chi connectivity index (χ3v) is 9.54. The van der Waals surface area contributed by atoms with Crippen LogP contribution in [0, 0.1) is 0 Å². The number of nitrogens with zero attached hydrogens (tertiary/aromatic N) is 2. The van der Waals surface area contributed by atoms with Crippen LogP contribution in [0.5, 0.6) is 5.75 Å². The van der Waals surface area contributed by atoms with Gasteiger partial charge in [0.2, 0.25) is 27.3 Å². The van der Waals surface area contributed by atoms with Crippen LogP contribution < -0.4 is 18.9 Å². The molecule has 2 heterocycles. The summed E-state index contributed by atoms with van der Waals surface area (Å²) in [6.45, 7) is 2.39. The normalized spacial score (nSPS) is 15.0. The molecule has 15 heteroatoms. The summed E-state index contributed by atoms with van der Waals surface area (Å²) in [7, 11) is -7.95. The first-order valence-corrected chi connectivity index (χ1v) is 18.8. The molecule has 0 radical (unpaired) electrons. The van der Waals surface area contributed by atoms with Gasteiger partial charge in [-0.05, 0) is 48.6 Å². The Balaban J connectivity index is 1.74. The minimum absolute atomic E-state index is 0.0301. The summed E-state index contributed by atoms with van der Waals surface area (Å²) < 4.78 is 66.7. The number of nitrogens with one attached hydrogen (secondary N) is 1. The monoisotopic (exact) mass is 714 g/mol. The van der Waals surface area contributed by atoms with Gasteiger partial charge in [-0.25, -0.2) is 8.42 Å². The third kappa shape index (κ3) is 8.45. The molecule has 1 aliphatic heterocycles. The fourth-order valence-corrected chi connectivity index (χ4v) is 6.99. The van der Waals surface area contributed by atoms with E-state index in [-0.39, 0.29) is 19.5 Å². The van der Waals surface area contributed by atoms with Crippen LogP contribution in [0.4, 0.5) is 5.69 Å². The van der Waals surface area contributed by atoms with Gasteiger partial charge in [-0.15, -0.1) is 11.8 Å². The highest BCUT2D eigenvalue weighted by molar-refractivity contribution is 9.10. The lowest BCUT2D eigenvalue weighted by atomic mass is 10.2. The van der Waals surface area contributed by atoms with E-state index in [0.29, 0.717) is 18.1 Å². The SMILES string of the molecule is CCC(=Cc1sc2ccc(SC)cc2[n+]1CCC(=O)NS(C)(=O)=O)C=C1Oc2ccc(Br)cc2N1CC=CS(=O)(=O)O. The number of benzene rings is 2. The molecule has 0 saturated carbocycles. The maximum Gasteiger partial charge on any atom is 0.287 e. The largest absolute Gasteiger partial charge is 0.439 e. The number of fused-ring (bicyclic) bond motifs is 2. The first-order chi connectivity index (χ1) is 19.8. The number of amides is 1. The molecular weight excluding hydrogens is 686 g/mol. The number of rotatable bonds is 11. The van der Waals surface area contributed by atoms with Crippen molar-refractivity contribution in [2.75, 3.05) is 24.0 Å². The fraction of sp³-hybridized carbons (Fsp3) is 0.259. The second-order valence-corrected chi connectivity index (χ2v) is 15.1. The Morgan fingerprint density at radius 2 is 1.98 bits per heavy atom. The first-order valence-electron chi connectivity index (χ1n) is 12.6. The van der Waals surface area contributed by atoms with E-state index < -0.39 is 26.0 Å². The number of sulfonamides is 1. The van der Waals surface area contributed by atoms with Crippen LogP contribution in [-0.4, -0.2) is 46.4 Å². The quantitative estimate of drug-likeness (QED) is 0.159. The van der Waals surface area contributed by atoms with Crippen molar-refractivity contribution >= 4 is 87.1 Å². The van der Waals surface area contributed by atoms with Crippen molar-refractivity contribution in [3.8, 4) is 5.75 Å². The Kier molecular flexibility index (Phi) is 10.2. The van der Waals surface area contributed by atoms with Crippen LogP contribution >= 0.6 is 39.0 Å². The molecule has 42 heavy (non-hydrogen) atoms. The van der Waals surface area contributed by atoms with Gasteiger partial charge in [-0.1, -0.05) is 40.3 Å². The second-order valence-electron chi connectivity index (χ2n) is 9.24. The van der Waals surface area contributed by atoms with Crippen LogP contribution in [0.25, 0.3) is 16.3 Å². The number of thioether (sulfide) groups is 1. The number of aromatic nitrogens is 1. The molecule has 0 fully saturated rings. The number of carbonyl (C=O) groups excluding carboxylic acids is 1. The molecule has 0 spiro atoms. The third-order valence-electron chi connectivity index (χ3n) is 6.07. The summed E-state index contributed by atoms with van der Waals surface area (Å²) in [5, 5.41) is 1.60. The molecule has 1 aliphatic rings. The van der Waals surface area contributed by atoms with E-state index in [0.717, 1.165) is 47.5 Å². The zero-order valence-corrected chi connectivity index (χ0v) is 27.8. The van der Waals surface area contributed by atoms with Gasteiger partial charge in [0, 0.05) is 34.1 Å². The molecule has 4 rings (SSSR count). The summed E-state index contributed by atoms with van der Waals surface area (Å²) in [6.07, 6.45) is 8.73.